The average Bonchev–Trinajstić information content (AvgIpc) is 3.23. The Morgan fingerprint density at radius 3 is 2.00 bits per heavy atom. The van der Waals surface area contributed by atoms with E-state index in [1.807, 2.05) is 27.7 Å². The van der Waals surface area contributed by atoms with E-state index in [9.17, 15) is 17.2 Å². The number of carbonyl (C=O) groups is 1. The van der Waals surface area contributed by atoms with E-state index in [0.29, 0.717) is 46.4 Å². The van der Waals surface area contributed by atoms with Crippen molar-refractivity contribution in [1.29, 1.82) is 0 Å². The fourth-order valence-corrected chi connectivity index (χ4v) is 8.70. The van der Waals surface area contributed by atoms with Crippen LogP contribution in [0.5, 0.6) is 23.0 Å². The Balaban J connectivity index is 1.47. The van der Waals surface area contributed by atoms with Gasteiger partial charge in [-0.3, -0.25) is 9.69 Å². The molecule has 2 fully saturated rings. The summed E-state index contributed by atoms with van der Waals surface area (Å²) in [5.41, 5.74) is 2.41. The van der Waals surface area contributed by atoms with Crippen LogP contribution in [0.2, 0.25) is 0 Å². The van der Waals surface area contributed by atoms with Gasteiger partial charge in [0.1, 0.15) is 28.8 Å². The first-order chi connectivity index (χ1) is 28.5. The van der Waals surface area contributed by atoms with Crippen molar-refractivity contribution in [2.75, 3.05) is 71.1 Å². The highest BCUT2D eigenvalue weighted by atomic mass is 32.2. The van der Waals surface area contributed by atoms with Gasteiger partial charge in [-0.2, -0.15) is 4.31 Å². The van der Waals surface area contributed by atoms with Gasteiger partial charge in [0.15, 0.2) is 11.3 Å². The molecule has 1 atom stereocenters. The Hall–Kier alpha value is -5.10. The predicted octanol–water partition coefficient (Wildman–Crippen LogP) is 6.76. The van der Waals surface area contributed by atoms with Crippen LogP contribution in [0.25, 0.3) is 0 Å². The molecule has 0 radical (unpaired) electrons. The molecule has 0 spiro atoms. The summed E-state index contributed by atoms with van der Waals surface area (Å²) in [6.45, 7) is 7.94. The third-order valence-electron chi connectivity index (χ3n) is 10.6. The summed E-state index contributed by atoms with van der Waals surface area (Å²) >= 11 is 0. The van der Waals surface area contributed by atoms with Crippen molar-refractivity contribution in [2.24, 2.45) is 0 Å². The van der Waals surface area contributed by atoms with E-state index in [1.54, 1.807) is 47.4 Å². The predicted molar refractivity (Wildman–Crippen MR) is 221 cm³/mol. The lowest BCUT2D eigenvalue weighted by Crippen LogP contribution is -2.49. The number of piperidine rings is 1. The first kappa shape index (κ1) is 44.5. The molecular weight excluding hydrogens is 801 g/mol. The van der Waals surface area contributed by atoms with E-state index in [0.717, 1.165) is 5.56 Å². The highest BCUT2D eigenvalue weighted by Crippen LogP contribution is 2.37. The van der Waals surface area contributed by atoms with Crippen molar-refractivity contribution in [3.8, 4) is 23.0 Å². The van der Waals surface area contributed by atoms with Crippen LogP contribution >= 0.6 is 0 Å². The molecule has 17 heteroatoms. The Kier molecular flexibility index (Phi) is 13.5. The molecule has 0 saturated carbocycles. The lowest BCUT2D eigenvalue weighted by atomic mass is 9.85. The van der Waals surface area contributed by atoms with Crippen LogP contribution in [-0.2, 0) is 38.0 Å². The second-order valence-electron chi connectivity index (χ2n) is 15.6. The highest BCUT2D eigenvalue weighted by Gasteiger charge is 2.39. The van der Waals surface area contributed by atoms with Crippen LogP contribution in [0.4, 0.5) is 20.3 Å². The molecule has 1 amide bonds. The second-order valence-corrected chi connectivity index (χ2v) is 17.5. The molecule has 2 aromatic carbocycles. The number of anilines is 2. The first-order valence-electron chi connectivity index (χ1n) is 19.6. The number of carbonyl (C=O) groups excluding carboxylic acids is 1. The summed E-state index contributed by atoms with van der Waals surface area (Å²) in [5, 5.41) is -0.356. The lowest BCUT2D eigenvalue weighted by Gasteiger charge is -2.37. The minimum Gasteiger partial charge on any atom is -0.497 e. The second kappa shape index (κ2) is 18.3. The van der Waals surface area contributed by atoms with Crippen LogP contribution in [0, 0.1) is 6.92 Å². The van der Waals surface area contributed by atoms with Gasteiger partial charge in [-0.15, -0.1) is 0 Å². The number of rotatable bonds is 14. The molecule has 2 saturated heterocycles. The van der Waals surface area contributed by atoms with Crippen LogP contribution in [-0.4, -0.2) is 102 Å². The lowest BCUT2D eigenvalue weighted by molar-refractivity contribution is -0.0856. The standard InChI is InChI=1S/C43H53F2N5O9S/c1-28-35(42(2,3)4)24-34(40(47-28)48-17-14-43(44,45)15-18-48)41(51)50(39-27-58-19-20-59-39)31-13-16-46-38(21-31)60(52,53)49(25-29-9-11-32(54-5)22-36(29)56-7)26-30-10-12-33(55-6)23-37(30)57-8/h9-13,16,21-24,39H,14-15,17-20,25-27H2,1-8H3. The number of hydrogen-bond acceptors (Lipinski definition) is 12. The highest BCUT2D eigenvalue weighted by molar-refractivity contribution is 7.89. The summed E-state index contributed by atoms with van der Waals surface area (Å²) in [7, 11) is 1.53. The number of aromatic nitrogens is 2. The van der Waals surface area contributed by atoms with Crippen molar-refractivity contribution < 1.29 is 50.4 Å². The summed E-state index contributed by atoms with van der Waals surface area (Å²) in [6, 6.07) is 14.8. The molecule has 4 heterocycles. The maximum atomic E-state index is 15.2. The van der Waals surface area contributed by atoms with E-state index in [1.165, 1.54) is 56.0 Å². The van der Waals surface area contributed by atoms with Gasteiger partial charge in [-0.05, 0) is 42.2 Å². The summed E-state index contributed by atoms with van der Waals surface area (Å²) in [6.07, 6.45) is -0.448. The molecule has 1 unspecified atom stereocenters. The normalized spacial score (nSPS) is 17.0. The van der Waals surface area contributed by atoms with Crippen LogP contribution in [0.1, 0.15) is 66.4 Å². The molecule has 2 aliphatic rings. The van der Waals surface area contributed by atoms with Gasteiger partial charge in [0.25, 0.3) is 21.9 Å². The van der Waals surface area contributed by atoms with Gasteiger partial charge in [0.2, 0.25) is 0 Å². The smallest absolute Gasteiger partial charge is 0.264 e. The Labute approximate surface area is 350 Å². The summed E-state index contributed by atoms with van der Waals surface area (Å²) in [4.78, 5) is 27.5. The third kappa shape index (κ3) is 9.75. The molecule has 6 rings (SSSR count). The Morgan fingerprint density at radius 2 is 1.48 bits per heavy atom. The molecule has 0 bridgehead atoms. The number of aryl methyl sites for hydroxylation is 1. The zero-order valence-corrected chi connectivity index (χ0v) is 36.1. The summed E-state index contributed by atoms with van der Waals surface area (Å²) < 4.78 is 93.9. The number of alkyl halides is 2. The topological polar surface area (TPSA) is 142 Å². The van der Waals surface area contributed by atoms with Gasteiger partial charge in [0, 0.05) is 80.2 Å². The number of benzene rings is 2. The number of sulfonamides is 1. The van der Waals surface area contributed by atoms with Crippen molar-refractivity contribution >= 4 is 27.4 Å². The molecule has 0 N–H and O–H groups in total. The van der Waals surface area contributed by atoms with E-state index in [2.05, 4.69) is 4.98 Å². The maximum absolute atomic E-state index is 15.2. The van der Waals surface area contributed by atoms with Crippen molar-refractivity contribution in [1.82, 2.24) is 14.3 Å². The molecule has 4 aromatic rings. The van der Waals surface area contributed by atoms with E-state index >= 15 is 4.79 Å². The molecule has 0 aliphatic carbocycles. The third-order valence-corrected chi connectivity index (χ3v) is 12.3. The Bertz CT molecular complexity index is 2220. The number of ether oxygens (including phenoxy) is 6. The minimum absolute atomic E-state index is 0.0108. The molecule has 60 heavy (non-hydrogen) atoms. The maximum Gasteiger partial charge on any atom is 0.264 e. The molecule has 2 aliphatic heterocycles. The monoisotopic (exact) mass is 853 g/mol. The van der Waals surface area contributed by atoms with Crippen LogP contribution in [0.15, 0.2) is 65.8 Å². The van der Waals surface area contributed by atoms with Crippen LogP contribution < -0.4 is 28.7 Å². The van der Waals surface area contributed by atoms with Gasteiger partial charge < -0.3 is 33.3 Å². The fraction of sp³-hybridized carbons (Fsp3) is 0.465. The van der Waals surface area contributed by atoms with Crippen molar-refractivity contribution in [3.63, 3.8) is 0 Å². The van der Waals surface area contributed by atoms with E-state index in [4.69, 9.17) is 33.4 Å². The van der Waals surface area contributed by atoms with Crippen molar-refractivity contribution in [3.05, 3.63) is 88.7 Å². The van der Waals surface area contributed by atoms with E-state index < -0.39 is 46.3 Å². The summed E-state index contributed by atoms with van der Waals surface area (Å²) in [5.74, 6) is -1.29. The molecule has 324 valence electrons. The SMILES string of the molecule is COc1ccc(CN(Cc2ccc(OC)cc2OC)S(=O)(=O)c2cc(N(C(=O)c3cc(C(C)(C)C)c(C)nc3N3CCC(F)(F)CC3)C3COCCO3)ccn2)c(OC)c1. The van der Waals surface area contributed by atoms with Crippen molar-refractivity contribution in [2.45, 2.75) is 76.2 Å². The minimum atomic E-state index is -4.48. The molecule has 14 nitrogen and oxygen atoms in total. The largest absolute Gasteiger partial charge is 0.497 e. The Morgan fingerprint density at radius 1 is 0.883 bits per heavy atom. The van der Waals surface area contributed by atoms with Gasteiger partial charge in [0.05, 0.1) is 59.5 Å². The number of hydrogen-bond donors (Lipinski definition) is 0. The zero-order valence-electron chi connectivity index (χ0n) is 35.3. The number of halogens is 2. The number of pyridine rings is 2. The average molecular weight is 854 g/mol. The quantitative estimate of drug-likeness (QED) is 0.132. The fourth-order valence-electron chi connectivity index (χ4n) is 7.36. The van der Waals surface area contributed by atoms with Gasteiger partial charge in [-0.25, -0.2) is 27.2 Å². The number of methoxy groups -OCH3 is 4. The zero-order chi connectivity index (χ0) is 43.4. The molecule has 2 aromatic heterocycles. The van der Waals surface area contributed by atoms with Crippen LogP contribution in [0.3, 0.4) is 0 Å². The number of nitrogens with zero attached hydrogens (tertiary/aromatic N) is 5. The number of amides is 1. The van der Waals surface area contributed by atoms with E-state index in [-0.39, 0.29) is 61.5 Å². The first-order valence-corrected chi connectivity index (χ1v) is 21.0. The molecular formula is C43H53F2N5O9S. The van der Waals surface area contributed by atoms with Gasteiger partial charge in [-0.1, -0.05) is 32.9 Å². The van der Waals surface area contributed by atoms with Gasteiger partial charge >= 0.3 is 0 Å².